The van der Waals surface area contributed by atoms with E-state index in [9.17, 15) is 14.4 Å². The Morgan fingerprint density at radius 2 is 1.52 bits per heavy atom. The van der Waals surface area contributed by atoms with Gasteiger partial charge >= 0.3 is 0 Å². The Kier molecular flexibility index (Phi) is 10.0. The van der Waals surface area contributed by atoms with Gasteiger partial charge in [0.1, 0.15) is 24.3 Å². The fraction of sp³-hybridized carbons (Fsp3) is 0.375. The van der Waals surface area contributed by atoms with Crippen LogP contribution in [0.2, 0.25) is 0 Å². The molecule has 2 aromatic rings. The summed E-state index contributed by atoms with van der Waals surface area (Å²) in [5.74, 6) is -0.596. The molecule has 0 unspecified atom stereocenters. The van der Waals surface area contributed by atoms with E-state index in [0.717, 1.165) is 5.56 Å². The van der Waals surface area contributed by atoms with Crippen molar-refractivity contribution in [1.29, 1.82) is 0 Å². The van der Waals surface area contributed by atoms with Crippen LogP contribution in [0.5, 0.6) is 5.75 Å². The van der Waals surface area contributed by atoms with E-state index in [1.807, 2.05) is 62.4 Å². The fourth-order valence-electron chi connectivity index (χ4n) is 3.08. The third-order valence-electron chi connectivity index (χ3n) is 4.59. The van der Waals surface area contributed by atoms with E-state index in [0.29, 0.717) is 18.6 Å². The van der Waals surface area contributed by atoms with Crippen molar-refractivity contribution in [2.45, 2.75) is 38.8 Å². The summed E-state index contributed by atoms with van der Waals surface area (Å²) in [5, 5.41) is 5.45. The predicted octanol–water partition coefficient (Wildman–Crippen LogP) is 3.13. The van der Waals surface area contributed by atoms with Crippen molar-refractivity contribution >= 4 is 29.2 Å². The van der Waals surface area contributed by atoms with Crippen LogP contribution in [0.3, 0.4) is 0 Å². The first-order valence-electron chi connectivity index (χ1n) is 10.3. The number of Topliss-reactive ketones (excluding diaryl/α,β-unsaturated/α-hetero) is 1. The summed E-state index contributed by atoms with van der Waals surface area (Å²) in [5.41, 5.74) is 0.886. The number of halogens is 1. The molecule has 0 aliphatic rings. The van der Waals surface area contributed by atoms with Crippen molar-refractivity contribution < 1.29 is 19.1 Å². The predicted molar refractivity (Wildman–Crippen MR) is 121 cm³/mol. The highest BCUT2D eigenvalue weighted by molar-refractivity contribution is 6.27. The lowest BCUT2D eigenvalue weighted by Gasteiger charge is -2.24. The number of rotatable bonds is 12. The number of hydrogen-bond donors (Lipinski definition) is 2. The third kappa shape index (κ3) is 8.80. The molecule has 0 spiro atoms. The molecule has 0 bridgehead atoms. The van der Waals surface area contributed by atoms with Gasteiger partial charge in [0.05, 0.1) is 6.04 Å². The molecule has 0 fully saturated rings. The van der Waals surface area contributed by atoms with Crippen LogP contribution in [-0.4, -0.2) is 42.2 Å². The van der Waals surface area contributed by atoms with E-state index in [1.165, 1.54) is 0 Å². The zero-order valence-electron chi connectivity index (χ0n) is 17.8. The minimum absolute atomic E-state index is 0.154. The maximum Gasteiger partial charge on any atom is 0.243 e. The summed E-state index contributed by atoms with van der Waals surface area (Å²) in [4.78, 5) is 37.7. The second kappa shape index (κ2) is 12.7. The van der Waals surface area contributed by atoms with E-state index in [1.54, 1.807) is 12.1 Å². The largest absolute Gasteiger partial charge is 0.486 e. The van der Waals surface area contributed by atoms with Gasteiger partial charge in [0.15, 0.2) is 5.78 Å². The molecule has 7 heteroatoms. The smallest absolute Gasteiger partial charge is 0.243 e. The Morgan fingerprint density at radius 3 is 2.10 bits per heavy atom. The first-order chi connectivity index (χ1) is 14.9. The molecule has 0 saturated heterocycles. The molecule has 0 aliphatic heterocycles. The van der Waals surface area contributed by atoms with Gasteiger partial charge in [-0.2, -0.15) is 0 Å². The van der Waals surface area contributed by atoms with E-state index in [-0.39, 0.29) is 24.2 Å². The zero-order chi connectivity index (χ0) is 22.6. The van der Waals surface area contributed by atoms with Crippen LogP contribution in [0.25, 0.3) is 0 Å². The molecule has 166 valence electrons. The molecule has 2 atom stereocenters. The lowest BCUT2D eigenvalue weighted by molar-refractivity contribution is -0.131. The number of nitrogens with one attached hydrogen (secondary N) is 2. The van der Waals surface area contributed by atoms with Crippen molar-refractivity contribution in [3.63, 3.8) is 0 Å². The van der Waals surface area contributed by atoms with Crippen LogP contribution < -0.4 is 15.4 Å². The van der Waals surface area contributed by atoms with Crippen molar-refractivity contribution in [3.8, 4) is 5.75 Å². The van der Waals surface area contributed by atoms with Gasteiger partial charge in [-0.15, -0.1) is 11.6 Å². The number of ketones is 1. The summed E-state index contributed by atoms with van der Waals surface area (Å²) in [6.45, 7) is 3.79. The monoisotopic (exact) mass is 444 g/mol. The van der Waals surface area contributed by atoms with Gasteiger partial charge in [-0.1, -0.05) is 62.4 Å². The van der Waals surface area contributed by atoms with Crippen LogP contribution in [0.15, 0.2) is 60.7 Å². The molecule has 6 nitrogen and oxygen atoms in total. The van der Waals surface area contributed by atoms with Crippen LogP contribution in [0.4, 0.5) is 0 Å². The van der Waals surface area contributed by atoms with E-state index < -0.39 is 23.9 Å². The number of alkyl halides is 1. The Balaban J connectivity index is 2.08. The summed E-state index contributed by atoms with van der Waals surface area (Å²) in [6, 6.07) is 16.8. The molecule has 2 rings (SSSR count). The average molecular weight is 445 g/mol. The van der Waals surface area contributed by atoms with E-state index >= 15 is 0 Å². The minimum Gasteiger partial charge on any atom is -0.486 e. The summed E-state index contributed by atoms with van der Waals surface area (Å²) in [6.07, 6.45) is 0.753. The first kappa shape index (κ1) is 24.4. The van der Waals surface area contributed by atoms with Crippen LogP contribution in [0, 0.1) is 5.92 Å². The standard InChI is InChI=1S/C24H29ClN2O4/c1-17(2)13-20(22(28)16-31-19-11-7-4-8-12-19)27-24(30)21(26-23(29)15-25)14-18-9-5-3-6-10-18/h3-12,17,20-21H,13-16H2,1-2H3,(H,26,29)(H,27,30)/t20-,21-/m1/s1. The van der Waals surface area contributed by atoms with Crippen molar-refractivity contribution in [1.82, 2.24) is 10.6 Å². The number of benzene rings is 2. The van der Waals surface area contributed by atoms with E-state index in [4.69, 9.17) is 16.3 Å². The highest BCUT2D eigenvalue weighted by Gasteiger charge is 2.27. The van der Waals surface area contributed by atoms with Crippen LogP contribution >= 0.6 is 11.6 Å². The van der Waals surface area contributed by atoms with Crippen LogP contribution in [0.1, 0.15) is 25.8 Å². The van der Waals surface area contributed by atoms with Crippen molar-refractivity contribution in [3.05, 3.63) is 66.2 Å². The Bertz CT molecular complexity index is 843. The summed E-state index contributed by atoms with van der Waals surface area (Å²) < 4.78 is 5.56. The Hall–Kier alpha value is -2.86. The normalized spacial score (nSPS) is 12.6. The third-order valence-corrected chi connectivity index (χ3v) is 4.84. The maximum atomic E-state index is 13.0. The second-order valence-electron chi connectivity index (χ2n) is 7.70. The van der Waals surface area contributed by atoms with Gasteiger partial charge in [-0.3, -0.25) is 14.4 Å². The first-order valence-corrected chi connectivity index (χ1v) is 10.8. The number of hydrogen-bond acceptors (Lipinski definition) is 4. The van der Waals surface area contributed by atoms with Gasteiger partial charge in [-0.05, 0) is 30.0 Å². The maximum absolute atomic E-state index is 13.0. The number of amides is 2. The Morgan fingerprint density at radius 1 is 0.903 bits per heavy atom. The van der Waals surface area contributed by atoms with Crippen molar-refractivity contribution in [2.24, 2.45) is 5.92 Å². The summed E-state index contributed by atoms with van der Waals surface area (Å²) >= 11 is 5.61. The molecule has 2 amide bonds. The van der Waals surface area contributed by atoms with Gasteiger partial charge in [0, 0.05) is 6.42 Å². The number of para-hydroxylation sites is 1. The minimum atomic E-state index is -0.842. The fourth-order valence-corrected chi connectivity index (χ4v) is 3.16. The molecular weight excluding hydrogens is 416 g/mol. The highest BCUT2D eigenvalue weighted by Crippen LogP contribution is 2.11. The molecule has 0 heterocycles. The molecule has 2 aromatic carbocycles. The lowest BCUT2D eigenvalue weighted by Crippen LogP contribution is -2.53. The molecule has 2 N–H and O–H groups in total. The van der Waals surface area contributed by atoms with Gasteiger partial charge in [0.2, 0.25) is 11.8 Å². The van der Waals surface area contributed by atoms with Gasteiger partial charge in [-0.25, -0.2) is 0 Å². The van der Waals surface area contributed by atoms with Gasteiger partial charge < -0.3 is 15.4 Å². The number of carbonyl (C=O) groups excluding carboxylic acids is 3. The average Bonchev–Trinajstić information content (AvgIpc) is 2.77. The topological polar surface area (TPSA) is 84.5 Å². The van der Waals surface area contributed by atoms with Crippen LogP contribution in [-0.2, 0) is 20.8 Å². The van der Waals surface area contributed by atoms with Gasteiger partial charge in [0.25, 0.3) is 0 Å². The highest BCUT2D eigenvalue weighted by atomic mass is 35.5. The number of ether oxygens (including phenoxy) is 1. The SMILES string of the molecule is CC(C)C[C@@H](NC(=O)[C@@H](Cc1ccccc1)NC(=O)CCl)C(=O)COc1ccccc1. The number of carbonyl (C=O) groups is 3. The van der Waals surface area contributed by atoms with E-state index in [2.05, 4.69) is 10.6 Å². The summed E-state index contributed by atoms with van der Waals surface area (Å²) in [7, 11) is 0. The quantitative estimate of drug-likeness (QED) is 0.492. The molecule has 0 saturated carbocycles. The molecule has 31 heavy (non-hydrogen) atoms. The zero-order valence-corrected chi connectivity index (χ0v) is 18.6. The van der Waals surface area contributed by atoms with Crippen molar-refractivity contribution in [2.75, 3.05) is 12.5 Å². The second-order valence-corrected chi connectivity index (χ2v) is 7.97. The lowest BCUT2D eigenvalue weighted by atomic mass is 9.99. The molecule has 0 aliphatic carbocycles. The molecule has 0 radical (unpaired) electrons. The molecule has 0 aromatic heterocycles. The Labute approximate surface area is 188 Å². The molecular formula is C24H29ClN2O4.